The Morgan fingerprint density at radius 1 is 0.434 bits per heavy atom. The summed E-state index contributed by atoms with van der Waals surface area (Å²) in [4.78, 5) is 86.8. The molecule has 0 saturated heterocycles. The van der Waals surface area contributed by atoms with E-state index in [0.717, 1.165) is 18.2 Å². The van der Waals surface area contributed by atoms with Crippen LogP contribution in [-0.2, 0) is 62.0 Å². The first-order valence-corrected chi connectivity index (χ1v) is 25.1. The van der Waals surface area contributed by atoms with Crippen molar-refractivity contribution >= 4 is 41.8 Å². The molecular formula is C56H66O20. The summed E-state index contributed by atoms with van der Waals surface area (Å²) in [5.74, 6) is -3.74. The monoisotopic (exact) mass is 1060 g/mol. The zero-order valence-electron chi connectivity index (χ0n) is 42.4. The van der Waals surface area contributed by atoms with E-state index >= 15 is 0 Å². The van der Waals surface area contributed by atoms with E-state index in [9.17, 15) is 38.7 Å². The van der Waals surface area contributed by atoms with Crippen LogP contribution in [0.2, 0.25) is 0 Å². The van der Waals surface area contributed by atoms with E-state index < -0.39 is 71.7 Å². The minimum Gasteiger partial charge on any atom is -0.491 e. The molecule has 0 heterocycles. The maximum atomic E-state index is 13.6. The third kappa shape index (κ3) is 21.1. The Balaban J connectivity index is 1.07. The molecule has 0 spiro atoms. The van der Waals surface area contributed by atoms with E-state index in [-0.39, 0.29) is 83.1 Å². The van der Waals surface area contributed by atoms with Crippen LogP contribution in [0.15, 0.2) is 105 Å². The fourth-order valence-corrected chi connectivity index (χ4v) is 7.89. The molecule has 1 atom stereocenters. The van der Waals surface area contributed by atoms with E-state index in [1.54, 1.807) is 48.5 Å². The Hall–Kier alpha value is -7.39. The summed E-state index contributed by atoms with van der Waals surface area (Å²) in [6.45, 7) is 11.8. The van der Waals surface area contributed by atoms with Crippen molar-refractivity contribution < 1.29 is 95.5 Å². The topological polar surface area (TPSA) is 250 Å². The predicted molar refractivity (Wildman–Crippen MR) is 269 cm³/mol. The van der Waals surface area contributed by atoms with E-state index in [1.807, 2.05) is 0 Å². The number of unbranched alkanes of at least 4 members (excludes halogenated alkanes) is 1. The van der Waals surface area contributed by atoms with E-state index in [4.69, 9.17) is 56.8 Å². The number of rotatable bonds is 32. The van der Waals surface area contributed by atoms with Crippen molar-refractivity contribution in [2.45, 2.75) is 70.5 Å². The lowest BCUT2D eigenvalue weighted by Crippen LogP contribution is -2.31. The lowest BCUT2D eigenvalue weighted by Gasteiger charge is -2.27. The highest BCUT2D eigenvalue weighted by atomic mass is 16.6. The molecule has 2 saturated carbocycles. The first-order valence-electron chi connectivity index (χ1n) is 25.1. The van der Waals surface area contributed by atoms with Crippen molar-refractivity contribution in [2.75, 3.05) is 66.1 Å². The molecule has 0 bridgehead atoms. The van der Waals surface area contributed by atoms with Gasteiger partial charge in [0.15, 0.2) is 6.29 Å². The molecule has 5 rings (SSSR count). The number of benzene rings is 3. The molecule has 2 fully saturated rings. The second kappa shape index (κ2) is 32.8. The van der Waals surface area contributed by atoms with Crippen LogP contribution in [-0.4, -0.2) is 113 Å². The average molecular weight is 1060 g/mol. The van der Waals surface area contributed by atoms with Crippen LogP contribution in [0, 0.1) is 23.7 Å². The minimum atomic E-state index is -1.61. The van der Waals surface area contributed by atoms with Crippen LogP contribution in [0.1, 0.15) is 76.1 Å². The Kier molecular flexibility index (Phi) is 25.7. The lowest BCUT2D eigenvalue weighted by atomic mass is 9.82. The van der Waals surface area contributed by atoms with Crippen LogP contribution in [0.4, 0.5) is 0 Å². The Labute approximate surface area is 441 Å². The second-order valence-corrected chi connectivity index (χ2v) is 17.4. The van der Waals surface area contributed by atoms with Gasteiger partial charge in [0.05, 0.1) is 68.9 Å². The summed E-state index contributed by atoms with van der Waals surface area (Å²) < 4.78 is 65.2. The van der Waals surface area contributed by atoms with Crippen molar-refractivity contribution in [3.8, 4) is 34.5 Å². The standard InChI is InChI=1S/C56H66O20/c1-4-49(57)69-27-7-8-28-72-56(64)47-37-46(75-54(62)40-11-9-38(10-12-40)52(60)73-44-21-17-42(18-22-44)67-33-29-65-31-35-70-50(58)5-2)25-26-48(47)76-55(63)41-15-13-39(14-16-41)53(61)74-45-23-19-43(20-24-45)68-34-30-66-32-36-71-51(59)6-3/h4-6,17-26,37-41,56,64H,1-3,7-16,27-36H2. The summed E-state index contributed by atoms with van der Waals surface area (Å²) in [7, 11) is 0. The van der Waals surface area contributed by atoms with Gasteiger partial charge in [-0.15, -0.1) is 0 Å². The van der Waals surface area contributed by atoms with Crippen LogP contribution < -0.4 is 28.4 Å². The predicted octanol–water partition coefficient (Wildman–Crippen LogP) is 7.09. The molecule has 3 aromatic rings. The third-order valence-electron chi connectivity index (χ3n) is 12.0. The number of aliphatic hydroxyl groups is 1. The van der Waals surface area contributed by atoms with Crippen LogP contribution in [0.25, 0.3) is 0 Å². The maximum Gasteiger partial charge on any atom is 0.330 e. The van der Waals surface area contributed by atoms with Gasteiger partial charge >= 0.3 is 41.8 Å². The number of aliphatic hydroxyl groups excluding tert-OH is 1. The fourth-order valence-electron chi connectivity index (χ4n) is 7.89. The van der Waals surface area contributed by atoms with Gasteiger partial charge in [0.1, 0.15) is 60.9 Å². The Bertz CT molecular complexity index is 2380. The van der Waals surface area contributed by atoms with Gasteiger partial charge < -0.3 is 61.9 Å². The SMILES string of the molecule is C=CC(=O)OCCCCOC(O)c1cc(OC(=O)C2CCC(C(=O)Oc3ccc(OCCOCCOC(=O)C=C)cc3)CC2)ccc1OC(=O)C1CCC(C(=O)Oc2ccc(OCCOCCOC(=O)C=C)cc2)CC1. The molecule has 3 aromatic carbocycles. The van der Waals surface area contributed by atoms with Crippen molar-refractivity contribution in [2.24, 2.45) is 23.7 Å². The summed E-state index contributed by atoms with van der Waals surface area (Å²) in [6, 6.07) is 17.3. The van der Waals surface area contributed by atoms with Crippen molar-refractivity contribution in [3.63, 3.8) is 0 Å². The zero-order chi connectivity index (χ0) is 54.5. The first-order chi connectivity index (χ1) is 36.8. The van der Waals surface area contributed by atoms with E-state index in [1.165, 1.54) is 18.2 Å². The van der Waals surface area contributed by atoms with Gasteiger partial charge in [-0.05, 0) is 131 Å². The summed E-state index contributed by atoms with van der Waals surface area (Å²) >= 11 is 0. The molecule has 410 valence electrons. The molecule has 76 heavy (non-hydrogen) atoms. The first kappa shape index (κ1) is 59.5. The summed E-state index contributed by atoms with van der Waals surface area (Å²) in [5.41, 5.74) is 0.0308. The normalized spacial score (nSPS) is 17.3. The molecule has 2 aliphatic rings. The van der Waals surface area contributed by atoms with Crippen molar-refractivity contribution in [1.82, 2.24) is 0 Å². The molecule has 2 aliphatic carbocycles. The summed E-state index contributed by atoms with van der Waals surface area (Å²) in [5, 5.41) is 11.2. The number of hydrogen-bond donors (Lipinski definition) is 1. The average Bonchev–Trinajstić information content (AvgIpc) is 3.44. The molecule has 1 unspecified atom stereocenters. The fraction of sp³-hybridized carbons (Fsp3) is 0.446. The van der Waals surface area contributed by atoms with Crippen LogP contribution >= 0.6 is 0 Å². The quantitative estimate of drug-likeness (QED) is 0.0164. The second-order valence-electron chi connectivity index (χ2n) is 17.4. The highest BCUT2D eigenvalue weighted by Gasteiger charge is 2.34. The molecule has 1 N–H and O–H groups in total. The van der Waals surface area contributed by atoms with Crippen LogP contribution in [0.3, 0.4) is 0 Å². The lowest BCUT2D eigenvalue weighted by molar-refractivity contribution is -0.145. The highest BCUT2D eigenvalue weighted by molar-refractivity contribution is 5.82. The molecule has 0 radical (unpaired) electrons. The van der Waals surface area contributed by atoms with Crippen molar-refractivity contribution in [1.29, 1.82) is 0 Å². The van der Waals surface area contributed by atoms with Gasteiger partial charge in [-0.3, -0.25) is 19.2 Å². The zero-order valence-corrected chi connectivity index (χ0v) is 42.4. The smallest absolute Gasteiger partial charge is 0.330 e. The number of esters is 7. The minimum absolute atomic E-state index is 0.0153. The molecule has 0 amide bonds. The van der Waals surface area contributed by atoms with Gasteiger partial charge in [0.2, 0.25) is 0 Å². The number of ether oxygens (including phenoxy) is 12. The molecule has 20 heteroatoms. The molecule has 0 aromatic heterocycles. The molecular weight excluding hydrogens is 993 g/mol. The number of carbonyl (C=O) groups is 7. The van der Waals surface area contributed by atoms with Crippen molar-refractivity contribution in [3.05, 3.63) is 110 Å². The van der Waals surface area contributed by atoms with Gasteiger partial charge in [-0.25, -0.2) is 14.4 Å². The third-order valence-corrected chi connectivity index (χ3v) is 12.0. The summed E-state index contributed by atoms with van der Waals surface area (Å²) in [6.07, 6.45) is 5.35. The van der Waals surface area contributed by atoms with Gasteiger partial charge in [0, 0.05) is 18.2 Å². The van der Waals surface area contributed by atoms with Gasteiger partial charge in [-0.2, -0.15) is 0 Å². The van der Waals surface area contributed by atoms with Gasteiger partial charge in [-0.1, -0.05) is 19.7 Å². The van der Waals surface area contributed by atoms with Gasteiger partial charge in [0.25, 0.3) is 0 Å². The van der Waals surface area contributed by atoms with Crippen LogP contribution in [0.5, 0.6) is 34.5 Å². The number of hydrogen-bond acceptors (Lipinski definition) is 20. The number of carbonyl (C=O) groups excluding carboxylic acids is 7. The Morgan fingerprint density at radius 2 is 0.776 bits per heavy atom. The molecule has 20 nitrogen and oxygen atoms in total. The maximum absolute atomic E-state index is 13.6. The Morgan fingerprint density at radius 3 is 1.20 bits per heavy atom. The van der Waals surface area contributed by atoms with E-state index in [2.05, 4.69) is 19.7 Å². The van der Waals surface area contributed by atoms with E-state index in [0.29, 0.717) is 87.2 Å². The molecule has 0 aliphatic heterocycles. The highest BCUT2D eigenvalue weighted by Crippen LogP contribution is 2.36. The largest absolute Gasteiger partial charge is 0.491 e.